The Morgan fingerprint density at radius 1 is 1.04 bits per heavy atom. The summed E-state index contributed by atoms with van der Waals surface area (Å²) in [4.78, 5) is 26.1. The fraction of sp³-hybridized carbons (Fsp3) is 0.0476. The lowest BCUT2D eigenvalue weighted by molar-refractivity contribution is -0.123. The largest absolute Gasteiger partial charge is 0.329 e. The fourth-order valence-electron chi connectivity index (χ4n) is 3.01. The Bertz CT molecular complexity index is 1090. The summed E-state index contributed by atoms with van der Waals surface area (Å²) in [5.41, 5.74) is 2.54. The van der Waals surface area contributed by atoms with Gasteiger partial charge in [-0.25, -0.2) is 9.18 Å². The number of urea groups is 1. The first kappa shape index (κ1) is 18.2. The number of hydrogen-bond donors (Lipinski definition) is 1. The SMILES string of the molecule is O=C1NC(=Cc2cccn2-c2cccc(Br)c2)C(=O)N1Cc1ccc(F)cc1. The molecule has 2 aromatic carbocycles. The predicted molar refractivity (Wildman–Crippen MR) is 107 cm³/mol. The van der Waals surface area contributed by atoms with Crippen molar-refractivity contribution in [3.63, 3.8) is 0 Å². The van der Waals surface area contributed by atoms with Crippen molar-refractivity contribution in [2.24, 2.45) is 0 Å². The third kappa shape index (κ3) is 3.61. The minimum absolute atomic E-state index is 0.0783. The van der Waals surface area contributed by atoms with E-state index in [1.807, 2.05) is 47.2 Å². The molecule has 1 aliphatic heterocycles. The van der Waals surface area contributed by atoms with E-state index in [0.29, 0.717) is 5.56 Å². The van der Waals surface area contributed by atoms with E-state index in [2.05, 4.69) is 21.2 Å². The van der Waals surface area contributed by atoms with E-state index in [9.17, 15) is 14.0 Å². The van der Waals surface area contributed by atoms with Crippen molar-refractivity contribution in [3.8, 4) is 5.69 Å². The molecule has 3 aromatic rings. The van der Waals surface area contributed by atoms with Crippen molar-refractivity contribution in [2.45, 2.75) is 6.54 Å². The summed E-state index contributed by atoms with van der Waals surface area (Å²) in [6.07, 6.45) is 3.53. The minimum atomic E-state index is -0.499. The van der Waals surface area contributed by atoms with E-state index in [-0.39, 0.29) is 18.1 Å². The third-order valence-corrected chi connectivity index (χ3v) is 4.87. The van der Waals surface area contributed by atoms with Gasteiger partial charge in [-0.15, -0.1) is 0 Å². The Morgan fingerprint density at radius 2 is 1.82 bits per heavy atom. The molecule has 140 valence electrons. The van der Waals surface area contributed by atoms with Crippen molar-refractivity contribution in [1.82, 2.24) is 14.8 Å². The van der Waals surface area contributed by atoms with Crippen LogP contribution in [0.15, 0.2) is 77.0 Å². The average molecular weight is 440 g/mol. The standard InChI is InChI=1S/C21H15BrFN3O2/c22-15-3-1-4-17(11-15)25-10-2-5-18(25)12-19-20(27)26(21(28)24-19)13-14-6-8-16(23)9-7-14/h1-12H,13H2,(H,24,28). The number of rotatable bonds is 4. The molecule has 1 fully saturated rings. The molecule has 0 unspecified atom stereocenters. The van der Waals surface area contributed by atoms with E-state index >= 15 is 0 Å². The van der Waals surface area contributed by atoms with Gasteiger partial charge in [0.15, 0.2) is 0 Å². The van der Waals surface area contributed by atoms with E-state index < -0.39 is 11.9 Å². The number of amides is 3. The number of benzene rings is 2. The highest BCUT2D eigenvalue weighted by atomic mass is 79.9. The molecule has 28 heavy (non-hydrogen) atoms. The summed E-state index contributed by atoms with van der Waals surface area (Å²) < 4.78 is 15.9. The number of carbonyl (C=O) groups is 2. The maximum Gasteiger partial charge on any atom is 0.329 e. The zero-order valence-corrected chi connectivity index (χ0v) is 16.2. The lowest BCUT2D eigenvalue weighted by Gasteiger charge is -2.11. The molecule has 0 radical (unpaired) electrons. The topological polar surface area (TPSA) is 54.3 Å². The van der Waals surface area contributed by atoms with Gasteiger partial charge < -0.3 is 9.88 Å². The molecule has 1 aliphatic rings. The summed E-state index contributed by atoms with van der Waals surface area (Å²) in [5.74, 6) is -0.786. The van der Waals surface area contributed by atoms with Gasteiger partial charge in [-0.1, -0.05) is 34.1 Å². The molecule has 0 aliphatic carbocycles. The van der Waals surface area contributed by atoms with Crippen LogP contribution in [0, 0.1) is 5.82 Å². The number of halogens is 2. The Labute approximate surface area is 169 Å². The third-order valence-electron chi connectivity index (χ3n) is 4.38. The molecule has 4 rings (SSSR count). The maximum atomic E-state index is 13.1. The van der Waals surface area contributed by atoms with Crippen molar-refractivity contribution >= 4 is 33.9 Å². The number of hydrogen-bond acceptors (Lipinski definition) is 2. The average Bonchev–Trinajstić information content (AvgIpc) is 3.24. The van der Waals surface area contributed by atoms with E-state index in [0.717, 1.165) is 20.8 Å². The van der Waals surface area contributed by atoms with Gasteiger partial charge in [-0.05, 0) is 54.1 Å². The van der Waals surface area contributed by atoms with E-state index in [4.69, 9.17) is 0 Å². The molecule has 1 aromatic heterocycles. The molecule has 2 heterocycles. The first-order valence-corrected chi connectivity index (χ1v) is 9.33. The monoisotopic (exact) mass is 439 g/mol. The number of nitrogens with one attached hydrogen (secondary N) is 1. The summed E-state index contributed by atoms with van der Waals surface area (Å²) in [5, 5.41) is 2.62. The highest BCUT2D eigenvalue weighted by molar-refractivity contribution is 9.10. The first-order valence-electron chi connectivity index (χ1n) is 8.53. The number of imide groups is 1. The van der Waals surface area contributed by atoms with Gasteiger partial charge in [-0.3, -0.25) is 9.69 Å². The lowest BCUT2D eigenvalue weighted by Crippen LogP contribution is -2.30. The minimum Gasteiger partial charge on any atom is -0.317 e. The number of carbonyl (C=O) groups excluding carboxylic acids is 2. The lowest BCUT2D eigenvalue weighted by atomic mass is 10.2. The zero-order valence-electron chi connectivity index (χ0n) is 14.6. The van der Waals surface area contributed by atoms with Crippen LogP contribution in [0.4, 0.5) is 9.18 Å². The molecule has 5 nitrogen and oxygen atoms in total. The second kappa shape index (κ2) is 7.44. The van der Waals surface area contributed by atoms with Crippen LogP contribution in [0.1, 0.15) is 11.3 Å². The van der Waals surface area contributed by atoms with Gasteiger partial charge in [0.2, 0.25) is 0 Å². The Kier molecular flexibility index (Phi) is 4.83. The molecule has 3 amide bonds. The van der Waals surface area contributed by atoms with E-state index in [1.165, 1.54) is 12.1 Å². The van der Waals surface area contributed by atoms with Crippen LogP contribution < -0.4 is 5.32 Å². The van der Waals surface area contributed by atoms with Crippen LogP contribution in [0.3, 0.4) is 0 Å². The normalized spacial score (nSPS) is 15.4. The number of nitrogens with zero attached hydrogens (tertiary/aromatic N) is 2. The fourth-order valence-corrected chi connectivity index (χ4v) is 3.40. The molecule has 0 atom stereocenters. The molecule has 7 heteroatoms. The summed E-state index contributed by atoms with van der Waals surface area (Å²) in [6, 6.07) is 16.7. The van der Waals surface area contributed by atoms with Crippen LogP contribution in [0.25, 0.3) is 11.8 Å². The highest BCUT2D eigenvalue weighted by Gasteiger charge is 2.33. The van der Waals surface area contributed by atoms with Crippen LogP contribution in [-0.4, -0.2) is 21.4 Å². The zero-order chi connectivity index (χ0) is 19.7. The van der Waals surface area contributed by atoms with Crippen molar-refractivity contribution in [2.75, 3.05) is 0 Å². The van der Waals surface area contributed by atoms with Gasteiger partial charge in [0.1, 0.15) is 11.5 Å². The van der Waals surface area contributed by atoms with Crippen molar-refractivity contribution in [3.05, 3.63) is 94.1 Å². The van der Waals surface area contributed by atoms with Gasteiger partial charge in [0.25, 0.3) is 5.91 Å². The molecule has 0 saturated carbocycles. The molecule has 1 saturated heterocycles. The molecule has 1 N–H and O–H groups in total. The first-order chi connectivity index (χ1) is 13.5. The van der Waals surface area contributed by atoms with Crippen molar-refractivity contribution in [1.29, 1.82) is 0 Å². The van der Waals surface area contributed by atoms with Crippen LogP contribution in [0.5, 0.6) is 0 Å². The summed E-state index contributed by atoms with van der Waals surface area (Å²) in [6.45, 7) is 0.0783. The van der Waals surface area contributed by atoms with Crippen molar-refractivity contribution < 1.29 is 14.0 Å². The summed E-state index contributed by atoms with van der Waals surface area (Å²) in [7, 11) is 0. The molecule has 0 spiro atoms. The maximum absolute atomic E-state index is 13.1. The highest BCUT2D eigenvalue weighted by Crippen LogP contribution is 2.21. The van der Waals surface area contributed by atoms with Gasteiger partial charge >= 0.3 is 6.03 Å². The Hall–Kier alpha value is -3.19. The van der Waals surface area contributed by atoms with Crippen LogP contribution >= 0.6 is 15.9 Å². The van der Waals surface area contributed by atoms with Crippen LogP contribution in [0.2, 0.25) is 0 Å². The second-order valence-electron chi connectivity index (χ2n) is 6.29. The summed E-state index contributed by atoms with van der Waals surface area (Å²) >= 11 is 3.45. The second-order valence-corrected chi connectivity index (χ2v) is 7.20. The number of aromatic nitrogens is 1. The van der Waals surface area contributed by atoms with E-state index in [1.54, 1.807) is 18.2 Å². The Balaban J connectivity index is 1.60. The smallest absolute Gasteiger partial charge is 0.317 e. The molecular weight excluding hydrogens is 425 g/mol. The van der Waals surface area contributed by atoms with Gasteiger partial charge in [0.05, 0.1) is 6.54 Å². The molecular formula is C21H15BrFN3O2. The molecule has 0 bridgehead atoms. The predicted octanol–water partition coefficient (Wildman–Crippen LogP) is 4.47. The van der Waals surface area contributed by atoms with Crippen LogP contribution in [-0.2, 0) is 11.3 Å². The van der Waals surface area contributed by atoms with Gasteiger partial charge in [-0.2, -0.15) is 0 Å². The van der Waals surface area contributed by atoms with Gasteiger partial charge in [0, 0.05) is 22.1 Å². The quantitative estimate of drug-likeness (QED) is 0.481. The Morgan fingerprint density at radius 3 is 2.57 bits per heavy atom.